The Hall–Kier alpha value is -0.120. The highest BCUT2D eigenvalue weighted by atomic mass is 16.8. The molecule has 0 aromatic rings. The molecular weight excluding hydrogens is 180 g/mol. The molecule has 6 atom stereocenters. The van der Waals surface area contributed by atoms with E-state index in [0.29, 0.717) is 23.9 Å². The van der Waals surface area contributed by atoms with Crippen LogP contribution in [0, 0.1) is 17.8 Å². The van der Waals surface area contributed by atoms with Crippen molar-refractivity contribution in [2.45, 2.75) is 45.4 Å². The molecule has 3 rings (SSSR count). The molecule has 0 amide bonds. The van der Waals surface area contributed by atoms with Gasteiger partial charge >= 0.3 is 0 Å². The van der Waals surface area contributed by atoms with Gasteiger partial charge in [-0.1, -0.05) is 20.8 Å². The summed E-state index contributed by atoms with van der Waals surface area (Å²) in [6, 6.07) is 0. The van der Waals surface area contributed by atoms with Crippen molar-refractivity contribution in [3.8, 4) is 0 Å². The summed E-state index contributed by atoms with van der Waals surface area (Å²) in [5.41, 5.74) is 0. The molecule has 0 aromatic heterocycles. The summed E-state index contributed by atoms with van der Waals surface area (Å²) in [5, 5.41) is 0. The first-order chi connectivity index (χ1) is 6.68. The van der Waals surface area contributed by atoms with E-state index in [1.807, 2.05) is 0 Å². The highest BCUT2D eigenvalue weighted by molar-refractivity contribution is 5.01. The number of ether oxygens (including phenoxy) is 3. The molecule has 0 bridgehead atoms. The second-order valence-corrected chi connectivity index (χ2v) is 5.13. The summed E-state index contributed by atoms with van der Waals surface area (Å²) in [6.07, 6.45) is 0.927. The van der Waals surface area contributed by atoms with Crippen LogP contribution >= 0.6 is 0 Å². The molecule has 0 unspecified atom stereocenters. The Labute approximate surface area is 84.7 Å². The monoisotopic (exact) mass is 198 g/mol. The highest BCUT2D eigenvalue weighted by Gasteiger charge is 2.59. The third kappa shape index (κ3) is 1.16. The standard InChI is InChI=1S/C11H18O3/c1-5(2)7-4-12-8-6(3)9-11(13-9)14-10(7)8/h5-11H,4H2,1-3H3/t6-,7+,8+,9+,10+,11-/m0/s1. The second-order valence-electron chi connectivity index (χ2n) is 5.13. The molecule has 3 saturated heterocycles. The van der Waals surface area contributed by atoms with Gasteiger partial charge in [-0.3, -0.25) is 0 Å². The Morgan fingerprint density at radius 2 is 1.79 bits per heavy atom. The van der Waals surface area contributed by atoms with Crippen LogP contribution in [-0.2, 0) is 14.2 Å². The molecule has 3 fully saturated rings. The van der Waals surface area contributed by atoms with Gasteiger partial charge in [0.15, 0.2) is 6.29 Å². The highest BCUT2D eigenvalue weighted by Crippen LogP contribution is 2.46. The van der Waals surface area contributed by atoms with Crippen molar-refractivity contribution in [2.24, 2.45) is 17.8 Å². The molecule has 3 aliphatic rings. The molecule has 3 aliphatic heterocycles. The van der Waals surface area contributed by atoms with E-state index in [9.17, 15) is 0 Å². The molecule has 14 heavy (non-hydrogen) atoms. The first-order valence-electron chi connectivity index (χ1n) is 5.61. The van der Waals surface area contributed by atoms with Crippen LogP contribution in [0.3, 0.4) is 0 Å². The van der Waals surface area contributed by atoms with Gasteiger partial charge in [0.2, 0.25) is 0 Å². The summed E-state index contributed by atoms with van der Waals surface area (Å²) in [7, 11) is 0. The predicted molar refractivity (Wildman–Crippen MR) is 50.8 cm³/mol. The van der Waals surface area contributed by atoms with Gasteiger partial charge in [-0.05, 0) is 5.92 Å². The van der Waals surface area contributed by atoms with Crippen LogP contribution in [0.25, 0.3) is 0 Å². The number of epoxide rings is 1. The average molecular weight is 198 g/mol. The fourth-order valence-electron chi connectivity index (χ4n) is 2.79. The number of rotatable bonds is 1. The van der Waals surface area contributed by atoms with E-state index in [1.54, 1.807) is 0 Å². The van der Waals surface area contributed by atoms with Gasteiger partial charge in [-0.2, -0.15) is 0 Å². The van der Waals surface area contributed by atoms with Crippen molar-refractivity contribution < 1.29 is 14.2 Å². The van der Waals surface area contributed by atoms with Crippen LogP contribution < -0.4 is 0 Å². The Morgan fingerprint density at radius 3 is 2.50 bits per heavy atom. The van der Waals surface area contributed by atoms with Crippen LogP contribution in [0.4, 0.5) is 0 Å². The summed E-state index contributed by atoms with van der Waals surface area (Å²) >= 11 is 0. The van der Waals surface area contributed by atoms with E-state index < -0.39 is 0 Å². The minimum atomic E-state index is 0.0780. The molecule has 0 aliphatic carbocycles. The Bertz CT molecular complexity index is 241. The van der Waals surface area contributed by atoms with Crippen molar-refractivity contribution in [3.63, 3.8) is 0 Å². The Kier molecular flexibility index (Phi) is 1.92. The smallest absolute Gasteiger partial charge is 0.185 e. The van der Waals surface area contributed by atoms with Gasteiger partial charge < -0.3 is 14.2 Å². The maximum Gasteiger partial charge on any atom is 0.185 e. The van der Waals surface area contributed by atoms with Crippen LogP contribution in [0.15, 0.2) is 0 Å². The van der Waals surface area contributed by atoms with E-state index in [-0.39, 0.29) is 18.5 Å². The SMILES string of the molecule is CC(C)[C@H]1CO[C@@H]2[C@H](C)[C@H]3O[C@H]3O[C@@H]21. The summed E-state index contributed by atoms with van der Waals surface area (Å²) in [6.45, 7) is 7.55. The van der Waals surface area contributed by atoms with Crippen LogP contribution in [0.2, 0.25) is 0 Å². The molecule has 3 heterocycles. The van der Waals surface area contributed by atoms with Gasteiger partial charge in [0.25, 0.3) is 0 Å². The zero-order valence-corrected chi connectivity index (χ0v) is 8.97. The van der Waals surface area contributed by atoms with Crippen LogP contribution in [0.1, 0.15) is 20.8 Å². The topological polar surface area (TPSA) is 31.0 Å². The van der Waals surface area contributed by atoms with Gasteiger partial charge in [0.05, 0.1) is 18.8 Å². The number of hydrogen-bond acceptors (Lipinski definition) is 3. The van der Waals surface area contributed by atoms with Crippen molar-refractivity contribution in [1.82, 2.24) is 0 Å². The number of hydrogen-bond donors (Lipinski definition) is 0. The van der Waals surface area contributed by atoms with Crippen molar-refractivity contribution >= 4 is 0 Å². The maximum absolute atomic E-state index is 5.88. The minimum absolute atomic E-state index is 0.0780. The lowest BCUT2D eigenvalue weighted by Gasteiger charge is -2.30. The van der Waals surface area contributed by atoms with E-state index in [4.69, 9.17) is 14.2 Å². The van der Waals surface area contributed by atoms with E-state index in [1.165, 1.54) is 0 Å². The Morgan fingerprint density at radius 1 is 1.07 bits per heavy atom. The van der Waals surface area contributed by atoms with Crippen LogP contribution in [-0.4, -0.2) is 31.2 Å². The third-order valence-corrected chi connectivity index (χ3v) is 3.89. The largest absolute Gasteiger partial charge is 0.375 e. The molecule has 0 saturated carbocycles. The Balaban J connectivity index is 1.79. The molecule has 0 N–H and O–H groups in total. The fraction of sp³-hybridized carbons (Fsp3) is 1.00. The molecule has 0 aromatic carbocycles. The lowest BCUT2D eigenvalue weighted by Crippen LogP contribution is -2.43. The lowest BCUT2D eigenvalue weighted by molar-refractivity contribution is -0.0907. The minimum Gasteiger partial charge on any atom is -0.375 e. The van der Waals surface area contributed by atoms with E-state index in [2.05, 4.69) is 20.8 Å². The third-order valence-electron chi connectivity index (χ3n) is 3.89. The predicted octanol–water partition coefficient (Wildman–Crippen LogP) is 1.42. The maximum atomic E-state index is 5.88. The van der Waals surface area contributed by atoms with E-state index in [0.717, 1.165) is 6.61 Å². The molecule has 3 nitrogen and oxygen atoms in total. The normalized spacial score (nSPS) is 55.7. The van der Waals surface area contributed by atoms with Gasteiger partial charge in [0.1, 0.15) is 6.10 Å². The molecule has 3 heteroatoms. The molecule has 0 spiro atoms. The zero-order valence-electron chi connectivity index (χ0n) is 8.97. The molecule has 80 valence electrons. The quantitative estimate of drug-likeness (QED) is 0.597. The van der Waals surface area contributed by atoms with E-state index >= 15 is 0 Å². The van der Waals surface area contributed by atoms with Crippen molar-refractivity contribution in [3.05, 3.63) is 0 Å². The lowest BCUT2D eigenvalue weighted by atomic mass is 9.84. The molecular formula is C11H18O3. The average Bonchev–Trinajstić information content (AvgIpc) is 2.76. The van der Waals surface area contributed by atoms with Crippen LogP contribution in [0.5, 0.6) is 0 Å². The molecule has 0 radical (unpaired) electrons. The van der Waals surface area contributed by atoms with Gasteiger partial charge in [-0.25, -0.2) is 0 Å². The second kappa shape index (κ2) is 2.94. The first-order valence-corrected chi connectivity index (χ1v) is 5.61. The van der Waals surface area contributed by atoms with Gasteiger partial charge in [0, 0.05) is 11.8 Å². The fourth-order valence-corrected chi connectivity index (χ4v) is 2.79. The zero-order chi connectivity index (χ0) is 9.87. The first kappa shape index (κ1) is 9.13. The summed E-state index contributed by atoms with van der Waals surface area (Å²) < 4.78 is 17.2. The summed E-state index contributed by atoms with van der Waals surface area (Å²) in [4.78, 5) is 0. The number of fused-ring (bicyclic) bond motifs is 2. The van der Waals surface area contributed by atoms with Crippen molar-refractivity contribution in [1.29, 1.82) is 0 Å². The van der Waals surface area contributed by atoms with Crippen molar-refractivity contribution in [2.75, 3.05) is 6.61 Å². The summed E-state index contributed by atoms with van der Waals surface area (Å²) in [5.74, 6) is 1.68. The van der Waals surface area contributed by atoms with Gasteiger partial charge in [-0.15, -0.1) is 0 Å².